The molecule has 1 heteroatoms. The minimum absolute atomic E-state index is 0.957. The molecule has 0 atom stereocenters. The molecule has 0 aromatic heterocycles. The van der Waals surface area contributed by atoms with Gasteiger partial charge in [0.05, 0.1) is 0 Å². The third-order valence-corrected chi connectivity index (χ3v) is 13.7. The molecule has 0 amide bonds. The van der Waals surface area contributed by atoms with E-state index in [0.29, 0.717) is 0 Å². The van der Waals surface area contributed by atoms with Gasteiger partial charge >= 0.3 is 144 Å². The maximum absolute atomic E-state index is 2.37. The average molecular weight is 402 g/mol. The van der Waals surface area contributed by atoms with Gasteiger partial charge in [0.15, 0.2) is 0 Å². The zero-order chi connectivity index (χ0) is 15.6. The van der Waals surface area contributed by atoms with E-state index in [2.05, 4.69) is 20.8 Å². The van der Waals surface area contributed by atoms with Gasteiger partial charge in [0.2, 0.25) is 0 Å². The SMILES string of the molecule is CCCCCCC[CH2][Sn+]([CH2]CCC)[CH2]CCCCCCC. The third-order valence-electron chi connectivity index (χ3n) is 4.65. The first kappa shape index (κ1) is 21.8. The summed E-state index contributed by atoms with van der Waals surface area (Å²) in [5.41, 5.74) is 0. The molecule has 0 spiro atoms. The van der Waals surface area contributed by atoms with E-state index in [1.54, 1.807) is 32.6 Å². The van der Waals surface area contributed by atoms with Gasteiger partial charge in [0.1, 0.15) is 0 Å². The van der Waals surface area contributed by atoms with E-state index in [-0.39, 0.29) is 0 Å². The van der Waals surface area contributed by atoms with Crippen LogP contribution < -0.4 is 0 Å². The van der Waals surface area contributed by atoms with E-state index in [9.17, 15) is 0 Å². The zero-order valence-corrected chi connectivity index (χ0v) is 18.4. The topological polar surface area (TPSA) is 0 Å². The van der Waals surface area contributed by atoms with Crippen LogP contribution >= 0.6 is 0 Å². The van der Waals surface area contributed by atoms with Gasteiger partial charge in [-0.15, -0.1) is 0 Å². The van der Waals surface area contributed by atoms with Crippen molar-refractivity contribution in [1.82, 2.24) is 0 Å². The van der Waals surface area contributed by atoms with Crippen molar-refractivity contribution in [2.45, 2.75) is 124 Å². The molecular weight excluding hydrogens is 359 g/mol. The van der Waals surface area contributed by atoms with Gasteiger partial charge in [-0.1, -0.05) is 0 Å². The second-order valence-corrected chi connectivity index (χ2v) is 15.5. The molecule has 0 aliphatic carbocycles. The summed E-state index contributed by atoms with van der Waals surface area (Å²) in [7, 11) is 0. The van der Waals surface area contributed by atoms with Gasteiger partial charge in [0, 0.05) is 0 Å². The second-order valence-electron chi connectivity index (χ2n) is 6.89. The van der Waals surface area contributed by atoms with E-state index in [1.165, 1.54) is 70.6 Å². The Morgan fingerprint density at radius 3 is 1.14 bits per heavy atom. The summed E-state index contributed by atoms with van der Waals surface area (Å²) in [6.07, 6.45) is 20.9. The standard InChI is InChI=1S/2C8H17.C4H9.Sn/c2*1-3-5-7-8-6-4-2;1-3-4-2;/h2*1,3-8H2,2H3;1,3-4H2,2H3;/q;;;+1. The molecule has 126 valence electrons. The molecule has 0 saturated carbocycles. The molecule has 0 fully saturated rings. The predicted octanol–water partition coefficient (Wildman–Crippen LogP) is 8.00. The molecule has 0 saturated heterocycles. The molecule has 0 heterocycles. The van der Waals surface area contributed by atoms with Crippen molar-refractivity contribution in [2.75, 3.05) is 0 Å². The van der Waals surface area contributed by atoms with Crippen LogP contribution in [0.25, 0.3) is 0 Å². The Morgan fingerprint density at radius 1 is 0.381 bits per heavy atom. The molecule has 0 unspecified atom stereocenters. The molecule has 0 aliphatic heterocycles. The summed E-state index contributed by atoms with van der Waals surface area (Å²) in [5, 5.41) is 0. The van der Waals surface area contributed by atoms with E-state index < -0.39 is 19.8 Å². The van der Waals surface area contributed by atoms with Crippen molar-refractivity contribution in [1.29, 1.82) is 0 Å². The van der Waals surface area contributed by atoms with E-state index in [1.807, 2.05) is 0 Å². The Bertz CT molecular complexity index is 163. The molecule has 0 radical (unpaired) electrons. The van der Waals surface area contributed by atoms with E-state index in [0.717, 1.165) is 0 Å². The van der Waals surface area contributed by atoms with Crippen LogP contribution in [0.3, 0.4) is 0 Å². The fourth-order valence-corrected chi connectivity index (χ4v) is 12.0. The number of hydrogen-bond donors (Lipinski definition) is 0. The van der Waals surface area contributed by atoms with Gasteiger partial charge in [-0.2, -0.15) is 0 Å². The Morgan fingerprint density at radius 2 is 0.714 bits per heavy atom. The van der Waals surface area contributed by atoms with Crippen molar-refractivity contribution in [3.05, 3.63) is 0 Å². The molecule has 0 bridgehead atoms. The molecule has 0 N–H and O–H groups in total. The van der Waals surface area contributed by atoms with Crippen LogP contribution in [0.5, 0.6) is 0 Å². The van der Waals surface area contributed by atoms with Crippen LogP contribution in [0, 0.1) is 0 Å². The Hall–Kier alpha value is 0.799. The predicted molar refractivity (Wildman–Crippen MR) is 102 cm³/mol. The molecule has 0 nitrogen and oxygen atoms in total. The fraction of sp³-hybridized carbons (Fsp3) is 1.00. The summed E-state index contributed by atoms with van der Waals surface area (Å²) < 4.78 is 5.12. The molecule has 0 aliphatic rings. The van der Waals surface area contributed by atoms with Crippen LogP contribution in [-0.4, -0.2) is 19.8 Å². The van der Waals surface area contributed by atoms with Crippen LogP contribution in [0.4, 0.5) is 0 Å². The van der Waals surface area contributed by atoms with Crippen LogP contribution in [0.2, 0.25) is 13.3 Å². The summed E-state index contributed by atoms with van der Waals surface area (Å²) >= 11 is -0.957. The number of rotatable bonds is 17. The van der Waals surface area contributed by atoms with Crippen LogP contribution in [-0.2, 0) is 0 Å². The maximum atomic E-state index is 2.37. The summed E-state index contributed by atoms with van der Waals surface area (Å²) in [4.78, 5) is 0. The summed E-state index contributed by atoms with van der Waals surface area (Å²) in [6, 6.07) is 0. The number of hydrogen-bond acceptors (Lipinski definition) is 0. The fourth-order valence-electron chi connectivity index (χ4n) is 3.11. The summed E-state index contributed by atoms with van der Waals surface area (Å²) in [5.74, 6) is 0. The second kappa shape index (κ2) is 18.8. The average Bonchev–Trinajstić information content (AvgIpc) is 2.50. The van der Waals surface area contributed by atoms with Gasteiger partial charge in [-0.3, -0.25) is 0 Å². The monoisotopic (exact) mass is 403 g/mol. The Balaban J connectivity index is 3.56. The summed E-state index contributed by atoms with van der Waals surface area (Å²) in [6.45, 7) is 7.00. The van der Waals surface area contributed by atoms with Crippen molar-refractivity contribution in [3.63, 3.8) is 0 Å². The Kier molecular flexibility index (Phi) is 19.6. The first-order chi connectivity index (χ1) is 10.3. The third kappa shape index (κ3) is 17.0. The molecule has 0 rings (SSSR count). The van der Waals surface area contributed by atoms with Crippen LogP contribution in [0.15, 0.2) is 0 Å². The van der Waals surface area contributed by atoms with Gasteiger partial charge in [-0.05, 0) is 0 Å². The first-order valence-electron chi connectivity index (χ1n) is 10.2. The van der Waals surface area contributed by atoms with Crippen molar-refractivity contribution >= 4 is 19.8 Å². The Labute approximate surface area is 143 Å². The first-order valence-corrected chi connectivity index (χ1v) is 16.2. The normalized spacial score (nSPS) is 11.0. The van der Waals surface area contributed by atoms with Crippen molar-refractivity contribution in [2.24, 2.45) is 0 Å². The van der Waals surface area contributed by atoms with E-state index in [4.69, 9.17) is 0 Å². The molecule has 21 heavy (non-hydrogen) atoms. The van der Waals surface area contributed by atoms with Gasteiger partial charge in [-0.25, -0.2) is 0 Å². The molecule has 0 aromatic rings. The van der Waals surface area contributed by atoms with Gasteiger partial charge < -0.3 is 0 Å². The quantitative estimate of drug-likeness (QED) is 0.171. The number of unbranched alkanes of at least 4 members (excludes halogenated alkanes) is 11. The molecule has 0 aromatic carbocycles. The van der Waals surface area contributed by atoms with Crippen molar-refractivity contribution < 1.29 is 0 Å². The van der Waals surface area contributed by atoms with Crippen molar-refractivity contribution in [3.8, 4) is 0 Å². The van der Waals surface area contributed by atoms with E-state index >= 15 is 0 Å². The zero-order valence-electron chi connectivity index (χ0n) is 15.5. The minimum atomic E-state index is -0.957. The van der Waals surface area contributed by atoms with Crippen LogP contribution in [0.1, 0.15) is 111 Å². The molecular formula is C20H43Sn+. The van der Waals surface area contributed by atoms with Gasteiger partial charge in [0.25, 0.3) is 0 Å².